The van der Waals surface area contributed by atoms with Gasteiger partial charge in [-0.25, -0.2) is 0 Å². The molecule has 2 aromatic rings. The first kappa shape index (κ1) is 14.5. The van der Waals surface area contributed by atoms with Crippen LogP contribution in [0.1, 0.15) is 37.0 Å². The molecule has 108 valence electrons. The number of nitrogens with zero attached hydrogens (tertiary/aromatic N) is 1. The predicted octanol–water partition coefficient (Wildman–Crippen LogP) is 3.09. The van der Waals surface area contributed by atoms with Crippen molar-refractivity contribution in [2.45, 2.75) is 32.7 Å². The third kappa shape index (κ3) is 2.80. The Morgan fingerprint density at radius 1 is 1.45 bits per heavy atom. The number of carbonyl (C=O) groups is 1. The Balaban J connectivity index is 2.32. The van der Waals surface area contributed by atoms with Crippen molar-refractivity contribution in [3.8, 4) is 11.5 Å². The third-order valence-corrected chi connectivity index (χ3v) is 3.28. The number of furan rings is 1. The van der Waals surface area contributed by atoms with E-state index in [4.69, 9.17) is 26.3 Å². The number of hydrogen-bond donors (Lipinski definition) is 2. The summed E-state index contributed by atoms with van der Waals surface area (Å²) in [7, 11) is 0. The Labute approximate surface area is 121 Å². The molecule has 0 unspecified atom stereocenters. The van der Waals surface area contributed by atoms with Crippen molar-refractivity contribution >= 4 is 23.4 Å². The molecular formula is C13H16ClN3O3. The van der Waals surface area contributed by atoms with E-state index < -0.39 is 0 Å². The third-order valence-electron chi connectivity index (χ3n) is 3.07. The molecule has 2 heterocycles. The molecular weight excluding hydrogens is 282 g/mol. The lowest BCUT2D eigenvalue weighted by Crippen LogP contribution is -2.34. The van der Waals surface area contributed by atoms with Gasteiger partial charge in [0.1, 0.15) is 5.56 Å². The predicted molar refractivity (Wildman–Crippen MR) is 75.5 cm³/mol. The summed E-state index contributed by atoms with van der Waals surface area (Å²) in [6, 6.07) is 3.24. The van der Waals surface area contributed by atoms with Crippen LogP contribution in [0.4, 0.5) is 5.88 Å². The number of hydrogen-bond acceptors (Lipinski definition) is 5. The molecule has 0 bridgehead atoms. The van der Waals surface area contributed by atoms with Gasteiger partial charge in [-0.05, 0) is 36.6 Å². The highest BCUT2D eigenvalue weighted by molar-refractivity contribution is 6.29. The number of amides is 1. The molecule has 0 spiro atoms. The van der Waals surface area contributed by atoms with Crippen molar-refractivity contribution < 1.29 is 13.7 Å². The molecule has 1 amide bonds. The van der Waals surface area contributed by atoms with Crippen LogP contribution in [0, 0.1) is 0 Å². The lowest BCUT2D eigenvalue weighted by Gasteiger charge is -2.14. The summed E-state index contributed by atoms with van der Waals surface area (Å²) >= 11 is 5.72. The Hall–Kier alpha value is -1.95. The molecule has 0 radical (unpaired) electrons. The number of anilines is 1. The minimum absolute atomic E-state index is 0.0454. The van der Waals surface area contributed by atoms with Crippen LogP contribution in [-0.4, -0.2) is 17.1 Å². The minimum atomic E-state index is -0.333. The summed E-state index contributed by atoms with van der Waals surface area (Å²) in [6.45, 7) is 4.00. The molecule has 20 heavy (non-hydrogen) atoms. The SMILES string of the molecule is CCC(CC)NC(=O)c1c(-c2ccc(Cl)o2)noc1N. The fourth-order valence-electron chi connectivity index (χ4n) is 1.88. The van der Waals surface area contributed by atoms with Crippen molar-refractivity contribution in [2.75, 3.05) is 5.73 Å². The van der Waals surface area contributed by atoms with Crippen LogP contribution in [0.2, 0.25) is 5.22 Å². The van der Waals surface area contributed by atoms with Crippen LogP contribution in [0.25, 0.3) is 11.5 Å². The van der Waals surface area contributed by atoms with Crippen molar-refractivity contribution in [3.05, 3.63) is 22.9 Å². The second-order valence-corrected chi connectivity index (χ2v) is 4.73. The van der Waals surface area contributed by atoms with E-state index >= 15 is 0 Å². The van der Waals surface area contributed by atoms with Gasteiger partial charge in [-0.15, -0.1) is 0 Å². The summed E-state index contributed by atoms with van der Waals surface area (Å²) < 4.78 is 10.1. The van der Waals surface area contributed by atoms with Crippen LogP contribution >= 0.6 is 11.6 Å². The Bertz CT molecular complexity index is 602. The molecule has 2 aromatic heterocycles. The van der Waals surface area contributed by atoms with Gasteiger partial charge in [0.05, 0.1) is 0 Å². The average molecular weight is 298 g/mol. The summed E-state index contributed by atoms with van der Waals surface area (Å²) in [6.07, 6.45) is 1.66. The average Bonchev–Trinajstić information content (AvgIpc) is 3.01. The fraction of sp³-hybridized carbons (Fsp3) is 0.385. The molecule has 0 aliphatic heterocycles. The van der Waals surface area contributed by atoms with Crippen LogP contribution in [-0.2, 0) is 0 Å². The number of aromatic nitrogens is 1. The van der Waals surface area contributed by atoms with E-state index in [0.29, 0.717) is 5.76 Å². The van der Waals surface area contributed by atoms with E-state index in [0.717, 1.165) is 12.8 Å². The minimum Gasteiger partial charge on any atom is -0.443 e. The molecule has 0 aromatic carbocycles. The number of nitrogen functional groups attached to an aromatic ring is 1. The summed E-state index contributed by atoms with van der Waals surface area (Å²) in [4.78, 5) is 12.3. The van der Waals surface area contributed by atoms with Crippen LogP contribution in [0.15, 0.2) is 21.1 Å². The number of carbonyl (C=O) groups excluding carboxylic acids is 1. The highest BCUT2D eigenvalue weighted by Crippen LogP contribution is 2.30. The Kier molecular flexibility index (Phi) is 4.34. The summed E-state index contributed by atoms with van der Waals surface area (Å²) in [5.74, 6) is -0.0407. The van der Waals surface area contributed by atoms with E-state index in [-0.39, 0.29) is 34.3 Å². The number of halogens is 1. The van der Waals surface area contributed by atoms with Gasteiger partial charge < -0.3 is 20.0 Å². The van der Waals surface area contributed by atoms with Crippen molar-refractivity contribution in [2.24, 2.45) is 0 Å². The summed E-state index contributed by atoms with van der Waals surface area (Å²) in [5.41, 5.74) is 6.10. The molecule has 0 aliphatic rings. The van der Waals surface area contributed by atoms with E-state index in [2.05, 4.69) is 10.5 Å². The highest BCUT2D eigenvalue weighted by Gasteiger charge is 2.25. The van der Waals surface area contributed by atoms with Gasteiger partial charge >= 0.3 is 0 Å². The molecule has 2 rings (SSSR count). The molecule has 0 fully saturated rings. The smallest absolute Gasteiger partial charge is 0.259 e. The topological polar surface area (TPSA) is 94.3 Å². The monoisotopic (exact) mass is 297 g/mol. The maximum absolute atomic E-state index is 12.3. The first-order valence-electron chi connectivity index (χ1n) is 6.38. The Morgan fingerprint density at radius 2 is 2.15 bits per heavy atom. The quantitative estimate of drug-likeness (QED) is 0.884. The second kappa shape index (κ2) is 6.00. The lowest BCUT2D eigenvalue weighted by atomic mass is 10.1. The van der Waals surface area contributed by atoms with Gasteiger partial charge in [-0.2, -0.15) is 0 Å². The van der Waals surface area contributed by atoms with Crippen LogP contribution in [0.3, 0.4) is 0 Å². The van der Waals surface area contributed by atoms with Crippen LogP contribution < -0.4 is 11.1 Å². The molecule has 7 heteroatoms. The number of rotatable bonds is 5. The molecule has 0 aliphatic carbocycles. The first-order valence-corrected chi connectivity index (χ1v) is 6.76. The fourth-order valence-corrected chi connectivity index (χ4v) is 2.03. The zero-order valence-corrected chi connectivity index (χ0v) is 12.0. The number of nitrogens with one attached hydrogen (secondary N) is 1. The maximum Gasteiger partial charge on any atom is 0.259 e. The molecule has 0 saturated heterocycles. The van der Waals surface area contributed by atoms with Gasteiger partial charge in [0.2, 0.25) is 5.88 Å². The van der Waals surface area contributed by atoms with E-state index in [1.807, 2.05) is 13.8 Å². The lowest BCUT2D eigenvalue weighted by molar-refractivity contribution is 0.0936. The zero-order chi connectivity index (χ0) is 14.7. The standard InChI is InChI=1S/C13H16ClN3O3/c1-3-7(4-2)16-13(18)10-11(17-20-12(10)15)8-5-6-9(14)19-8/h5-7H,3-4,15H2,1-2H3,(H,16,18). The number of nitrogens with two attached hydrogens (primary N) is 1. The first-order chi connectivity index (χ1) is 9.56. The van der Waals surface area contributed by atoms with Gasteiger partial charge in [0.25, 0.3) is 5.91 Å². The summed E-state index contributed by atoms with van der Waals surface area (Å²) in [5, 5.41) is 6.85. The van der Waals surface area contributed by atoms with E-state index in [1.54, 1.807) is 12.1 Å². The van der Waals surface area contributed by atoms with Crippen molar-refractivity contribution in [1.29, 1.82) is 0 Å². The van der Waals surface area contributed by atoms with E-state index in [1.165, 1.54) is 0 Å². The molecule has 6 nitrogen and oxygen atoms in total. The Morgan fingerprint density at radius 3 is 2.70 bits per heavy atom. The zero-order valence-electron chi connectivity index (χ0n) is 11.3. The van der Waals surface area contributed by atoms with E-state index in [9.17, 15) is 4.79 Å². The largest absolute Gasteiger partial charge is 0.443 e. The van der Waals surface area contributed by atoms with Gasteiger partial charge in [0.15, 0.2) is 16.7 Å². The normalized spacial score (nSPS) is 11.0. The van der Waals surface area contributed by atoms with Gasteiger partial charge in [0, 0.05) is 6.04 Å². The van der Waals surface area contributed by atoms with Crippen LogP contribution in [0.5, 0.6) is 0 Å². The van der Waals surface area contributed by atoms with Gasteiger partial charge in [-0.1, -0.05) is 19.0 Å². The maximum atomic E-state index is 12.3. The molecule has 0 saturated carbocycles. The highest BCUT2D eigenvalue weighted by atomic mass is 35.5. The van der Waals surface area contributed by atoms with Gasteiger partial charge in [-0.3, -0.25) is 4.79 Å². The molecule has 0 atom stereocenters. The van der Waals surface area contributed by atoms with Crippen molar-refractivity contribution in [3.63, 3.8) is 0 Å². The second-order valence-electron chi connectivity index (χ2n) is 4.36. The van der Waals surface area contributed by atoms with Crippen molar-refractivity contribution in [1.82, 2.24) is 10.5 Å². The molecule has 3 N–H and O–H groups in total.